The zero-order valence-corrected chi connectivity index (χ0v) is 20.6. The van der Waals surface area contributed by atoms with Gasteiger partial charge in [0, 0.05) is 6.61 Å². The van der Waals surface area contributed by atoms with Gasteiger partial charge >= 0.3 is 0 Å². The lowest BCUT2D eigenvalue weighted by Crippen LogP contribution is -2.53. The second-order valence-electron chi connectivity index (χ2n) is 12.3. The van der Waals surface area contributed by atoms with Crippen LogP contribution in [0.5, 0.6) is 0 Å². The second kappa shape index (κ2) is 9.40. The molecule has 0 spiro atoms. The maximum Gasteiger partial charge on any atom is 0.0456 e. The molecule has 0 amide bonds. The molecule has 0 aromatic heterocycles. The summed E-state index contributed by atoms with van der Waals surface area (Å²) >= 11 is 0. The highest BCUT2D eigenvalue weighted by atomic mass is 35.5. The number of aliphatic hydroxyl groups is 1. The first-order chi connectivity index (χ1) is 13.4. The largest absolute Gasteiger partial charge is 0.396 e. The molecule has 4 aliphatic carbocycles. The molecular weight excluding hydrogens is 376 g/mol. The Hall–Kier alpha value is 0.250. The second-order valence-corrected chi connectivity index (χ2v) is 12.3. The molecule has 0 saturated heterocycles. The SMILES string of the molecule is CC(CO)CCC[C@@H](C)[C@H]1CC[C@H]2[C@@H]3CCC4CCCC[C@]4(C)[C@H]3CC[C@]12C.Cl. The van der Waals surface area contributed by atoms with Gasteiger partial charge in [-0.1, -0.05) is 53.4 Å². The minimum Gasteiger partial charge on any atom is -0.396 e. The van der Waals surface area contributed by atoms with Gasteiger partial charge in [-0.2, -0.15) is 0 Å². The number of fused-ring (bicyclic) bond motifs is 5. The minimum atomic E-state index is 0. The van der Waals surface area contributed by atoms with Crippen LogP contribution in [-0.4, -0.2) is 11.7 Å². The molecule has 0 aromatic rings. The van der Waals surface area contributed by atoms with Gasteiger partial charge in [-0.25, -0.2) is 0 Å². The van der Waals surface area contributed by atoms with Crippen LogP contribution in [0.25, 0.3) is 0 Å². The Bertz CT molecular complexity index is 535. The van der Waals surface area contributed by atoms with Crippen LogP contribution in [0.4, 0.5) is 0 Å². The lowest BCUT2D eigenvalue weighted by molar-refractivity contribution is -0.114. The van der Waals surface area contributed by atoms with Gasteiger partial charge < -0.3 is 5.11 Å². The number of aliphatic hydroxyl groups excluding tert-OH is 1. The number of hydrogen-bond acceptors (Lipinski definition) is 1. The summed E-state index contributed by atoms with van der Waals surface area (Å²) in [6.07, 6.45) is 19.2. The van der Waals surface area contributed by atoms with Crippen molar-refractivity contribution in [2.45, 2.75) is 111 Å². The van der Waals surface area contributed by atoms with Crippen molar-refractivity contribution in [2.75, 3.05) is 6.61 Å². The van der Waals surface area contributed by atoms with Crippen molar-refractivity contribution in [2.24, 2.45) is 52.3 Å². The van der Waals surface area contributed by atoms with Gasteiger partial charge in [0.2, 0.25) is 0 Å². The Morgan fingerprint density at radius 2 is 1.59 bits per heavy atom. The molecule has 0 heterocycles. The Labute approximate surface area is 187 Å². The first-order valence-corrected chi connectivity index (χ1v) is 13.0. The van der Waals surface area contributed by atoms with Crippen molar-refractivity contribution in [3.8, 4) is 0 Å². The molecule has 0 bridgehead atoms. The average molecular weight is 425 g/mol. The molecule has 4 saturated carbocycles. The third kappa shape index (κ3) is 4.18. The highest BCUT2D eigenvalue weighted by molar-refractivity contribution is 5.85. The summed E-state index contributed by atoms with van der Waals surface area (Å²) in [4.78, 5) is 0. The standard InChI is InChI=1S/C27H48O.ClH/c1-19(18-28)8-7-9-20(2)23-13-14-24-22-12-11-21-10-5-6-16-26(21,3)25(22)15-17-27(23,24)4;/h19-25,28H,5-18H2,1-4H3;1H/t19?,20-,21?,22+,23-,24+,25+,26+,27-;/m1./s1. The van der Waals surface area contributed by atoms with Crippen molar-refractivity contribution >= 4 is 12.4 Å². The van der Waals surface area contributed by atoms with E-state index in [1.165, 1.54) is 70.6 Å². The highest BCUT2D eigenvalue weighted by Crippen LogP contribution is 2.68. The van der Waals surface area contributed by atoms with Gasteiger partial charge in [0.25, 0.3) is 0 Å². The fourth-order valence-electron chi connectivity index (χ4n) is 9.35. The molecular formula is C27H49ClO. The van der Waals surface area contributed by atoms with Gasteiger partial charge in [0.05, 0.1) is 0 Å². The summed E-state index contributed by atoms with van der Waals surface area (Å²) < 4.78 is 0. The molecule has 29 heavy (non-hydrogen) atoms. The van der Waals surface area contributed by atoms with E-state index < -0.39 is 0 Å². The van der Waals surface area contributed by atoms with Crippen LogP contribution >= 0.6 is 12.4 Å². The van der Waals surface area contributed by atoms with Crippen molar-refractivity contribution in [1.29, 1.82) is 0 Å². The average Bonchev–Trinajstić information content (AvgIpc) is 3.04. The fraction of sp³-hybridized carbons (Fsp3) is 1.00. The summed E-state index contributed by atoms with van der Waals surface area (Å²) in [6.45, 7) is 10.6. The predicted molar refractivity (Wildman–Crippen MR) is 126 cm³/mol. The van der Waals surface area contributed by atoms with Gasteiger partial charge in [0.1, 0.15) is 0 Å². The quantitative estimate of drug-likeness (QED) is 0.459. The summed E-state index contributed by atoms with van der Waals surface area (Å²) in [5.74, 6) is 6.49. The van der Waals surface area contributed by atoms with Crippen molar-refractivity contribution in [3.63, 3.8) is 0 Å². The topological polar surface area (TPSA) is 20.2 Å². The van der Waals surface area contributed by atoms with Crippen LogP contribution in [-0.2, 0) is 0 Å². The number of hydrogen-bond donors (Lipinski definition) is 1. The van der Waals surface area contributed by atoms with Crippen molar-refractivity contribution in [3.05, 3.63) is 0 Å². The molecule has 4 rings (SSSR count). The normalized spacial score (nSPS) is 46.0. The van der Waals surface area contributed by atoms with Gasteiger partial charge in [-0.05, 0) is 110 Å². The summed E-state index contributed by atoms with van der Waals surface area (Å²) in [6, 6.07) is 0. The molecule has 0 aliphatic heterocycles. The Morgan fingerprint density at radius 1 is 0.828 bits per heavy atom. The molecule has 4 fully saturated rings. The van der Waals surface area contributed by atoms with Crippen LogP contribution in [0.3, 0.4) is 0 Å². The summed E-state index contributed by atoms with van der Waals surface area (Å²) in [5, 5.41) is 9.32. The number of rotatable bonds is 6. The van der Waals surface area contributed by atoms with Crippen LogP contribution < -0.4 is 0 Å². The van der Waals surface area contributed by atoms with E-state index in [-0.39, 0.29) is 12.4 Å². The molecule has 0 aromatic carbocycles. The molecule has 9 atom stereocenters. The molecule has 170 valence electrons. The lowest BCUT2D eigenvalue weighted by Gasteiger charge is -2.61. The lowest BCUT2D eigenvalue weighted by atomic mass is 9.44. The monoisotopic (exact) mass is 424 g/mol. The Balaban J connectivity index is 0.00000240. The third-order valence-corrected chi connectivity index (χ3v) is 11.0. The maximum absolute atomic E-state index is 9.32. The summed E-state index contributed by atoms with van der Waals surface area (Å²) in [7, 11) is 0. The van der Waals surface area contributed by atoms with Crippen LogP contribution in [0, 0.1) is 52.3 Å². The van der Waals surface area contributed by atoms with E-state index in [0.29, 0.717) is 23.4 Å². The minimum absolute atomic E-state index is 0. The zero-order chi connectivity index (χ0) is 19.9. The van der Waals surface area contributed by atoms with E-state index in [1.54, 1.807) is 12.8 Å². The Morgan fingerprint density at radius 3 is 2.34 bits per heavy atom. The van der Waals surface area contributed by atoms with Crippen LogP contribution in [0.15, 0.2) is 0 Å². The Kier molecular flexibility index (Phi) is 7.74. The van der Waals surface area contributed by atoms with Gasteiger partial charge in [-0.15, -0.1) is 12.4 Å². The van der Waals surface area contributed by atoms with E-state index in [9.17, 15) is 5.11 Å². The van der Waals surface area contributed by atoms with E-state index in [0.717, 1.165) is 35.5 Å². The van der Waals surface area contributed by atoms with Crippen LogP contribution in [0.1, 0.15) is 111 Å². The van der Waals surface area contributed by atoms with Crippen LogP contribution in [0.2, 0.25) is 0 Å². The third-order valence-electron chi connectivity index (χ3n) is 11.0. The summed E-state index contributed by atoms with van der Waals surface area (Å²) in [5.41, 5.74) is 1.31. The zero-order valence-electron chi connectivity index (χ0n) is 19.8. The van der Waals surface area contributed by atoms with Crippen molar-refractivity contribution in [1.82, 2.24) is 0 Å². The van der Waals surface area contributed by atoms with E-state index in [4.69, 9.17) is 0 Å². The van der Waals surface area contributed by atoms with E-state index in [2.05, 4.69) is 27.7 Å². The molecule has 1 nitrogen and oxygen atoms in total. The first-order valence-electron chi connectivity index (χ1n) is 13.0. The molecule has 1 N–H and O–H groups in total. The maximum atomic E-state index is 9.32. The predicted octanol–water partition coefficient (Wildman–Crippen LogP) is 7.89. The number of halogens is 1. The molecule has 2 heteroatoms. The van der Waals surface area contributed by atoms with E-state index in [1.807, 2.05) is 0 Å². The first kappa shape index (κ1) is 23.9. The fourth-order valence-corrected chi connectivity index (χ4v) is 9.35. The van der Waals surface area contributed by atoms with Crippen molar-refractivity contribution < 1.29 is 5.11 Å². The van der Waals surface area contributed by atoms with Gasteiger partial charge in [0.15, 0.2) is 0 Å². The smallest absolute Gasteiger partial charge is 0.0456 e. The van der Waals surface area contributed by atoms with Gasteiger partial charge in [-0.3, -0.25) is 0 Å². The highest BCUT2D eigenvalue weighted by Gasteiger charge is 2.59. The molecule has 2 unspecified atom stereocenters. The molecule has 4 aliphatic rings. The molecule has 0 radical (unpaired) electrons. The van der Waals surface area contributed by atoms with E-state index >= 15 is 0 Å².